The molecule has 1 N–H and O–H groups in total. The molecular formula is C24H24N2O5S. The van der Waals surface area contributed by atoms with Crippen molar-refractivity contribution in [1.82, 2.24) is 4.31 Å². The zero-order valence-corrected chi connectivity index (χ0v) is 18.7. The number of fused-ring (bicyclic) bond motifs is 1. The van der Waals surface area contributed by atoms with E-state index in [0.717, 1.165) is 11.1 Å². The summed E-state index contributed by atoms with van der Waals surface area (Å²) in [5.74, 6) is 0.718. The van der Waals surface area contributed by atoms with Crippen LogP contribution in [0.2, 0.25) is 0 Å². The van der Waals surface area contributed by atoms with Gasteiger partial charge in [-0.25, -0.2) is 8.42 Å². The van der Waals surface area contributed by atoms with Crippen LogP contribution in [0.1, 0.15) is 21.5 Å². The highest BCUT2D eigenvalue weighted by molar-refractivity contribution is 7.89. The topological polar surface area (TPSA) is 84.9 Å². The van der Waals surface area contributed by atoms with Gasteiger partial charge in [0.2, 0.25) is 10.0 Å². The molecule has 1 amide bonds. The van der Waals surface area contributed by atoms with Crippen molar-refractivity contribution in [2.75, 3.05) is 26.1 Å². The third-order valence-corrected chi connectivity index (χ3v) is 7.30. The molecule has 0 unspecified atom stereocenters. The first-order chi connectivity index (χ1) is 15.4. The molecular weight excluding hydrogens is 428 g/mol. The maximum atomic E-state index is 13.0. The Hall–Kier alpha value is -3.36. The smallest absolute Gasteiger partial charge is 0.255 e. The Balaban J connectivity index is 1.55. The van der Waals surface area contributed by atoms with E-state index in [2.05, 4.69) is 5.32 Å². The summed E-state index contributed by atoms with van der Waals surface area (Å²) < 4.78 is 37.9. The molecule has 0 radical (unpaired) electrons. The lowest BCUT2D eigenvalue weighted by atomic mass is 10.0. The Bertz CT molecular complexity index is 1220. The number of benzene rings is 3. The monoisotopic (exact) mass is 452 g/mol. The third-order valence-electron chi connectivity index (χ3n) is 5.44. The van der Waals surface area contributed by atoms with Crippen molar-refractivity contribution in [2.45, 2.75) is 17.9 Å². The number of methoxy groups -OCH3 is 2. The van der Waals surface area contributed by atoms with Gasteiger partial charge in [0.1, 0.15) is 11.5 Å². The molecule has 4 rings (SSSR count). The molecule has 0 saturated carbocycles. The second-order valence-electron chi connectivity index (χ2n) is 7.44. The molecule has 0 aromatic heterocycles. The van der Waals surface area contributed by atoms with Crippen molar-refractivity contribution in [2.24, 2.45) is 0 Å². The molecule has 8 heteroatoms. The van der Waals surface area contributed by atoms with Crippen molar-refractivity contribution < 1.29 is 22.7 Å². The van der Waals surface area contributed by atoms with Crippen LogP contribution in [-0.4, -0.2) is 39.4 Å². The molecule has 0 spiro atoms. The van der Waals surface area contributed by atoms with Gasteiger partial charge >= 0.3 is 0 Å². The number of amides is 1. The molecule has 0 saturated heterocycles. The number of nitrogens with one attached hydrogen (secondary N) is 1. The number of carbonyl (C=O) groups is 1. The number of hydrogen-bond acceptors (Lipinski definition) is 5. The molecule has 0 fully saturated rings. The summed E-state index contributed by atoms with van der Waals surface area (Å²) in [7, 11) is -0.535. The average Bonchev–Trinajstić information content (AvgIpc) is 2.83. The van der Waals surface area contributed by atoms with Gasteiger partial charge in [-0.15, -0.1) is 0 Å². The Kier molecular flexibility index (Phi) is 6.16. The first kappa shape index (κ1) is 21.9. The van der Waals surface area contributed by atoms with E-state index in [1.165, 1.54) is 18.5 Å². The van der Waals surface area contributed by atoms with Crippen molar-refractivity contribution in [3.63, 3.8) is 0 Å². The SMILES string of the molecule is COc1cc(OC)cc(C(=O)Nc2ccc3c(c2)CN(S(=O)(=O)c2ccccc2)CC3)c1. The van der Waals surface area contributed by atoms with Crippen LogP contribution in [0, 0.1) is 0 Å². The normalized spacial score (nSPS) is 13.8. The van der Waals surface area contributed by atoms with E-state index in [4.69, 9.17) is 9.47 Å². The van der Waals surface area contributed by atoms with Gasteiger partial charge in [0, 0.05) is 30.4 Å². The summed E-state index contributed by atoms with van der Waals surface area (Å²) in [6.07, 6.45) is 0.614. The zero-order valence-electron chi connectivity index (χ0n) is 17.9. The highest BCUT2D eigenvalue weighted by Gasteiger charge is 2.28. The quantitative estimate of drug-likeness (QED) is 0.616. The van der Waals surface area contributed by atoms with Crippen LogP contribution in [-0.2, 0) is 23.0 Å². The van der Waals surface area contributed by atoms with E-state index in [-0.39, 0.29) is 17.3 Å². The zero-order chi connectivity index (χ0) is 22.7. The molecule has 0 bridgehead atoms. The van der Waals surface area contributed by atoms with E-state index in [9.17, 15) is 13.2 Å². The molecule has 32 heavy (non-hydrogen) atoms. The second-order valence-corrected chi connectivity index (χ2v) is 9.38. The van der Waals surface area contributed by atoms with Crippen molar-refractivity contribution in [3.05, 3.63) is 83.4 Å². The van der Waals surface area contributed by atoms with E-state index < -0.39 is 10.0 Å². The largest absolute Gasteiger partial charge is 0.497 e. The summed E-state index contributed by atoms with van der Waals surface area (Å²) in [4.78, 5) is 13.1. The molecule has 1 heterocycles. The van der Waals surface area contributed by atoms with Gasteiger partial charge < -0.3 is 14.8 Å². The van der Waals surface area contributed by atoms with Crippen molar-refractivity contribution in [1.29, 1.82) is 0 Å². The number of sulfonamides is 1. The molecule has 1 aliphatic rings. The van der Waals surface area contributed by atoms with E-state index >= 15 is 0 Å². The summed E-state index contributed by atoms with van der Waals surface area (Å²) in [5, 5.41) is 2.88. The van der Waals surface area contributed by atoms with Crippen LogP contribution in [0.4, 0.5) is 5.69 Å². The predicted octanol–water partition coefficient (Wildman–Crippen LogP) is 3.70. The summed E-state index contributed by atoms with van der Waals surface area (Å²) >= 11 is 0. The number of ether oxygens (including phenoxy) is 2. The molecule has 7 nitrogen and oxygen atoms in total. The standard InChI is InChI=1S/C24H24N2O5S/c1-30-21-13-18(14-22(15-21)31-2)24(27)25-20-9-8-17-10-11-26(16-19(17)12-20)32(28,29)23-6-4-3-5-7-23/h3-9,12-15H,10-11,16H2,1-2H3,(H,25,27). The Labute approximate surface area is 187 Å². The lowest BCUT2D eigenvalue weighted by Crippen LogP contribution is -2.36. The minimum Gasteiger partial charge on any atom is -0.497 e. The number of hydrogen-bond donors (Lipinski definition) is 1. The van der Waals surface area contributed by atoms with Gasteiger partial charge in [0.25, 0.3) is 5.91 Å². The lowest BCUT2D eigenvalue weighted by molar-refractivity contribution is 0.102. The fourth-order valence-corrected chi connectivity index (χ4v) is 5.14. The molecule has 1 aliphatic heterocycles. The molecule has 0 atom stereocenters. The maximum Gasteiger partial charge on any atom is 0.255 e. The molecule has 166 valence electrons. The van der Waals surface area contributed by atoms with Crippen molar-refractivity contribution >= 4 is 21.6 Å². The predicted molar refractivity (Wildman–Crippen MR) is 122 cm³/mol. The average molecular weight is 453 g/mol. The minimum absolute atomic E-state index is 0.253. The molecule has 0 aliphatic carbocycles. The van der Waals surface area contributed by atoms with Gasteiger partial charge in [-0.05, 0) is 53.9 Å². The first-order valence-corrected chi connectivity index (χ1v) is 11.6. The van der Waals surface area contributed by atoms with Crippen molar-refractivity contribution in [3.8, 4) is 11.5 Å². The van der Waals surface area contributed by atoms with E-state index in [1.54, 1.807) is 48.5 Å². The Morgan fingerprint density at radius 3 is 2.25 bits per heavy atom. The van der Waals surface area contributed by atoms with Crippen LogP contribution >= 0.6 is 0 Å². The van der Waals surface area contributed by atoms with Gasteiger partial charge in [-0.2, -0.15) is 4.31 Å². The fourth-order valence-electron chi connectivity index (χ4n) is 3.70. The highest BCUT2D eigenvalue weighted by Crippen LogP contribution is 2.28. The highest BCUT2D eigenvalue weighted by atomic mass is 32.2. The van der Waals surface area contributed by atoms with Gasteiger partial charge in [-0.1, -0.05) is 24.3 Å². The molecule has 3 aromatic carbocycles. The Morgan fingerprint density at radius 2 is 1.59 bits per heavy atom. The number of anilines is 1. The maximum absolute atomic E-state index is 13.0. The van der Waals surface area contributed by atoms with Crippen LogP contribution in [0.3, 0.4) is 0 Å². The Morgan fingerprint density at radius 1 is 0.906 bits per heavy atom. The third kappa shape index (κ3) is 4.46. The lowest BCUT2D eigenvalue weighted by Gasteiger charge is -2.28. The van der Waals surface area contributed by atoms with Crippen LogP contribution in [0.15, 0.2) is 71.6 Å². The summed E-state index contributed by atoms with van der Waals surface area (Å²) in [6.45, 7) is 0.669. The van der Waals surface area contributed by atoms with Gasteiger partial charge in [0.15, 0.2) is 0 Å². The van der Waals surface area contributed by atoms with Crippen LogP contribution < -0.4 is 14.8 Å². The first-order valence-electron chi connectivity index (χ1n) is 10.1. The minimum atomic E-state index is -3.58. The van der Waals surface area contributed by atoms with Gasteiger partial charge in [-0.3, -0.25) is 4.79 Å². The number of carbonyl (C=O) groups excluding carboxylic acids is 1. The second kappa shape index (κ2) is 9.02. The molecule has 3 aromatic rings. The van der Waals surface area contributed by atoms with Crippen LogP contribution in [0.25, 0.3) is 0 Å². The van der Waals surface area contributed by atoms with Crippen LogP contribution in [0.5, 0.6) is 11.5 Å². The fraction of sp³-hybridized carbons (Fsp3) is 0.208. The number of rotatable bonds is 6. The summed E-state index contributed by atoms with van der Waals surface area (Å²) in [5.41, 5.74) is 2.93. The summed E-state index contributed by atoms with van der Waals surface area (Å²) in [6, 6.07) is 19.0. The van der Waals surface area contributed by atoms with E-state index in [1.807, 2.05) is 18.2 Å². The van der Waals surface area contributed by atoms with Gasteiger partial charge in [0.05, 0.1) is 19.1 Å². The van der Waals surface area contributed by atoms with E-state index in [0.29, 0.717) is 35.7 Å². The number of nitrogens with zero attached hydrogens (tertiary/aromatic N) is 1.